The Morgan fingerprint density at radius 2 is 1.92 bits per heavy atom. The second-order valence-electron chi connectivity index (χ2n) is 9.48. The number of aryl methyl sites for hydroxylation is 1. The first-order valence-electron chi connectivity index (χ1n) is 11.4. The maximum Gasteiger partial charge on any atom is 0.315 e. The fraction of sp³-hybridized carbons (Fsp3) is 0.240. The van der Waals surface area contributed by atoms with Crippen molar-refractivity contribution in [1.29, 1.82) is 0 Å². The summed E-state index contributed by atoms with van der Waals surface area (Å²) in [6, 6.07) is 8.93. The molecule has 5 aromatic rings. The number of fused-ring (bicyclic) bond motifs is 1. The van der Waals surface area contributed by atoms with E-state index in [0.29, 0.717) is 39.0 Å². The van der Waals surface area contributed by atoms with E-state index in [4.69, 9.17) is 16.1 Å². The molecule has 0 atom stereocenters. The maximum absolute atomic E-state index is 12.5. The summed E-state index contributed by atoms with van der Waals surface area (Å²) in [6.07, 6.45) is 3.19. The van der Waals surface area contributed by atoms with Crippen molar-refractivity contribution in [2.45, 2.75) is 32.7 Å². The van der Waals surface area contributed by atoms with Crippen molar-refractivity contribution in [1.82, 2.24) is 40.2 Å². The fourth-order valence-electron chi connectivity index (χ4n) is 3.69. The van der Waals surface area contributed by atoms with E-state index in [1.54, 1.807) is 25.4 Å². The second-order valence-corrected chi connectivity index (χ2v) is 9.88. The van der Waals surface area contributed by atoms with E-state index in [-0.39, 0.29) is 23.4 Å². The van der Waals surface area contributed by atoms with Gasteiger partial charge in [0.1, 0.15) is 11.3 Å². The predicted molar refractivity (Wildman–Crippen MR) is 137 cm³/mol. The van der Waals surface area contributed by atoms with Crippen LogP contribution in [0.3, 0.4) is 0 Å². The Labute approximate surface area is 215 Å². The molecule has 12 heteroatoms. The molecule has 188 valence electrons. The van der Waals surface area contributed by atoms with Crippen molar-refractivity contribution in [2.24, 2.45) is 7.05 Å². The number of hydrogen-bond donors (Lipinski definition) is 2. The molecular weight excluding hydrogens is 496 g/mol. The largest absolute Gasteiger partial charge is 0.344 e. The van der Waals surface area contributed by atoms with Gasteiger partial charge >= 0.3 is 11.8 Å². The fourth-order valence-corrected chi connectivity index (χ4v) is 3.93. The molecule has 2 N–H and O–H groups in total. The summed E-state index contributed by atoms with van der Waals surface area (Å²) < 4.78 is 6.34. The monoisotopic (exact) mass is 518 g/mol. The number of H-pyrrole nitrogens is 1. The summed E-state index contributed by atoms with van der Waals surface area (Å²) in [5.74, 6) is 0.272. The summed E-state index contributed by atoms with van der Waals surface area (Å²) in [7, 11) is 1.58. The lowest BCUT2D eigenvalue weighted by Gasteiger charge is -2.10. The van der Waals surface area contributed by atoms with E-state index in [2.05, 4.69) is 35.5 Å². The van der Waals surface area contributed by atoms with Gasteiger partial charge in [-0.05, 0) is 29.3 Å². The molecule has 0 unspecified atom stereocenters. The van der Waals surface area contributed by atoms with Gasteiger partial charge in [-0.25, -0.2) is 14.6 Å². The molecule has 5 rings (SSSR count). The van der Waals surface area contributed by atoms with Gasteiger partial charge in [0.2, 0.25) is 0 Å². The molecule has 4 aromatic heterocycles. The molecule has 11 nitrogen and oxygen atoms in total. The highest BCUT2D eigenvalue weighted by Gasteiger charge is 2.24. The third kappa shape index (κ3) is 4.73. The number of amides is 1. The van der Waals surface area contributed by atoms with Crippen LogP contribution in [0.2, 0.25) is 5.02 Å². The highest BCUT2D eigenvalue weighted by Crippen LogP contribution is 2.31. The standard InChI is InChI=1S/C25H23ClN8O3/c1-25(2,3)24-32-22(37-33-24)21(35)28-12-14-6-5-13(11-17(14)26)15-7-9-27-20-18(15)30-19(31-20)16-8-10-29-34(4)23(16)36/h5-11H,12H2,1-4H3,(H,28,35)(H,27,30,31). The van der Waals surface area contributed by atoms with Crippen molar-refractivity contribution < 1.29 is 9.32 Å². The van der Waals surface area contributed by atoms with Crippen molar-refractivity contribution in [3.63, 3.8) is 0 Å². The molecule has 0 saturated carbocycles. The Bertz CT molecular complexity index is 1700. The van der Waals surface area contributed by atoms with E-state index in [1.807, 2.05) is 39.0 Å². The number of pyridine rings is 1. The molecule has 4 heterocycles. The van der Waals surface area contributed by atoms with Crippen LogP contribution in [0, 0.1) is 0 Å². The van der Waals surface area contributed by atoms with Crippen LogP contribution in [0.5, 0.6) is 0 Å². The summed E-state index contributed by atoms with van der Waals surface area (Å²) in [4.78, 5) is 41.2. The number of imidazole rings is 1. The van der Waals surface area contributed by atoms with Gasteiger partial charge in [0.25, 0.3) is 5.56 Å². The summed E-state index contributed by atoms with van der Waals surface area (Å²) in [6.45, 7) is 5.97. The number of rotatable bonds is 5. The number of carbonyl (C=O) groups is 1. The topological polar surface area (TPSA) is 144 Å². The summed E-state index contributed by atoms with van der Waals surface area (Å²) in [5.41, 5.74) is 3.22. The number of halogens is 1. The molecule has 0 bridgehead atoms. The van der Waals surface area contributed by atoms with E-state index in [9.17, 15) is 9.59 Å². The van der Waals surface area contributed by atoms with Gasteiger partial charge in [-0.3, -0.25) is 9.59 Å². The number of nitrogens with one attached hydrogen (secondary N) is 2. The number of aromatic nitrogens is 7. The van der Waals surface area contributed by atoms with Crippen molar-refractivity contribution in [3.05, 3.63) is 75.4 Å². The van der Waals surface area contributed by atoms with Crippen LogP contribution in [-0.2, 0) is 19.0 Å². The summed E-state index contributed by atoms with van der Waals surface area (Å²) in [5, 5.41) is 11.0. The number of nitrogens with zero attached hydrogens (tertiary/aromatic N) is 6. The van der Waals surface area contributed by atoms with Crippen LogP contribution in [0.25, 0.3) is 33.7 Å². The van der Waals surface area contributed by atoms with Gasteiger partial charge in [-0.2, -0.15) is 10.1 Å². The van der Waals surface area contributed by atoms with Crippen LogP contribution in [0.4, 0.5) is 0 Å². The Morgan fingerprint density at radius 1 is 1.14 bits per heavy atom. The lowest BCUT2D eigenvalue weighted by molar-refractivity contribution is 0.0907. The van der Waals surface area contributed by atoms with E-state index in [0.717, 1.165) is 11.1 Å². The Hall–Kier alpha value is -4.38. The van der Waals surface area contributed by atoms with Crippen LogP contribution in [0.15, 0.2) is 52.0 Å². The normalized spacial score (nSPS) is 11.7. The minimum Gasteiger partial charge on any atom is -0.344 e. The lowest BCUT2D eigenvalue weighted by atomic mass is 9.96. The Balaban J connectivity index is 1.39. The average Bonchev–Trinajstić information content (AvgIpc) is 3.52. The Kier molecular flexibility index (Phi) is 6.08. The predicted octanol–water partition coefficient (Wildman–Crippen LogP) is 3.65. The molecule has 0 spiro atoms. The van der Waals surface area contributed by atoms with Crippen molar-refractivity contribution in [3.8, 4) is 22.5 Å². The van der Waals surface area contributed by atoms with Crippen molar-refractivity contribution >= 4 is 28.7 Å². The zero-order valence-corrected chi connectivity index (χ0v) is 21.3. The molecule has 0 aliphatic heterocycles. The first-order valence-corrected chi connectivity index (χ1v) is 11.8. The second kappa shape index (κ2) is 9.25. The molecular formula is C25H23ClN8O3. The lowest BCUT2D eigenvalue weighted by Crippen LogP contribution is -2.23. The molecule has 0 aliphatic carbocycles. The quantitative estimate of drug-likeness (QED) is 0.358. The molecule has 1 amide bonds. The van der Waals surface area contributed by atoms with Gasteiger partial charge in [0.05, 0.1) is 5.56 Å². The molecule has 0 saturated heterocycles. The first-order chi connectivity index (χ1) is 17.6. The van der Waals surface area contributed by atoms with Crippen LogP contribution >= 0.6 is 11.6 Å². The van der Waals surface area contributed by atoms with E-state index >= 15 is 0 Å². The SMILES string of the molecule is Cn1nccc(-c2nc3c(-c4ccc(CNC(=O)c5nc(C(C)(C)C)no5)c(Cl)c4)ccnc3[nH]2)c1=O. The highest BCUT2D eigenvalue weighted by atomic mass is 35.5. The summed E-state index contributed by atoms with van der Waals surface area (Å²) >= 11 is 6.57. The zero-order valence-electron chi connectivity index (χ0n) is 20.5. The smallest absolute Gasteiger partial charge is 0.315 e. The first kappa shape index (κ1) is 24.3. The van der Waals surface area contributed by atoms with Gasteiger partial charge < -0.3 is 14.8 Å². The number of hydrogen-bond acceptors (Lipinski definition) is 8. The van der Waals surface area contributed by atoms with E-state index < -0.39 is 5.91 Å². The minimum atomic E-state index is -0.481. The number of carbonyl (C=O) groups excluding carboxylic acids is 1. The molecule has 0 aliphatic rings. The third-order valence-electron chi connectivity index (χ3n) is 5.74. The maximum atomic E-state index is 12.5. The van der Waals surface area contributed by atoms with Gasteiger partial charge in [0, 0.05) is 42.0 Å². The Morgan fingerprint density at radius 3 is 2.65 bits per heavy atom. The minimum absolute atomic E-state index is 0.102. The third-order valence-corrected chi connectivity index (χ3v) is 6.09. The zero-order chi connectivity index (χ0) is 26.3. The van der Waals surface area contributed by atoms with Crippen LogP contribution in [-0.4, -0.2) is 40.8 Å². The molecule has 37 heavy (non-hydrogen) atoms. The van der Waals surface area contributed by atoms with Crippen LogP contribution in [0.1, 0.15) is 42.8 Å². The van der Waals surface area contributed by atoms with Crippen LogP contribution < -0.4 is 10.9 Å². The average molecular weight is 519 g/mol. The highest BCUT2D eigenvalue weighted by molar-refractivity contribution is 6.31. The van der Waals surface area contributed by atoms with Gasteiger partial charge in [-0.1, -0.05) is 49.7 Å². The van der Waals surface area contributed by atoms with Gasteiger partial charge in [0.15, 0.2) is 11.5 Å². The molecule has 1 aromatic carbocycles. The number of benzene rings is 1. The van der Waals surface area contributed by atoms with Crippen molar-refractivity contribution in [2.75, 3.05) is 0 Å². The number of aromatic amines is 1. The van der Waals surface area contributed by atoms with E-state index in [1.165, 1.54) is 10.9 Å². The molecule has 0 radical (unpaired) electrons. The van der Waals surface area contributed by atoms with Gasteiger partial charge in [-0.15, -0.1) is 0 Å². The molecule has 0 fully saturated rings.